The number of nitrogens with one attached hydrogen (secondary N) is 1. The molecule has 1 heterocycles. The highest BCUT2D eigenvalue weighted by Gasteiger charge is 2.42. The number of methoxy groups -OCH3 is 1. The van der Waals surface area contributed by atoms with Crippen molar-refractivity contribution < 1.29 is 26.4 Å². The van der Waals surface area contributed by atoms with E-state index in [4.69, 9.17) is 4.74 Å². The van der Waals surface area contributed by atoms with Crippen LogP contribution in [0.15, 0.2) is 41.3 Å². The highest BCUT2D eigenvalue weighted by Crippen LogP contribution is 2.37. The molecule has 0 aromatic heterocycles. The number of carbonyl (C=O) groups excluding carboxylic acids is 1. The Hall–Kier alpha value is -2.59. The number of anilines is 2. The molecule has 33 heavy (non-hydrogen) atoms. The van der Waals surface area contributed by atoms with Crippen LogP contribution < -0.4 is 13.8 Å². The first-order valence-electron chi connectivity index (χ1n) is 10.7. The molecule has 2 aromatic carbocycles. The number of hydrogen-bond donors (Lipinski definition) is 1. The van der Waals surface area contributed by atoms with Gasteiger partial charge in [0.15, 0.2) is 0 Å². The molecule has 1 atom stereocenters. The average molecular weight is 495 g/mol. The van der Waals surface area contributed by atoms with Crippen LogP contribution in [0.5, 0.6) is 5.75 Å². The molecule has 0 bridgehead atoms. The molecule has 1 saturated heterocycles. The van der Waals surface area contributed by atoms with Gasteiger partial charge >= 0.3 is 0 Å². The van der Waals surface area contributed by atoms with E-state index in [0.29, 0.717) is 9.99 Å². The second-order valence-corrected chi connectivity index (χ2v) is 12.4. The highest BCUT2D eigenvalue weighted by molar-refractivity contribution is 7.94. The van der Waals surface area contributed by atoms with Crippen molar-refractivity contribution in [1.82, 2.24) is 0 Å². The van der Waals surface area contributed by atoms with Crippen molar-refractivity contribution in [3.8, 4) is 5.75 Å². The molecule has 1 N–H and O–H groups in total. The zero-order valence-electron chi connectivity index (χ0n) is 19.6. The summed E-state index contributed by atoms with van der Waals surface area (Å²) in [5.74, 6) is -1.47. The van der Waals surface area contributed by atoms with E-state index in [2.05, 4.69) is 4.72 Å². The van der Waals surface area contributed by atoms with Gasteiger partial charge in [-0.2, -0.15) is 0 Å². The van der Waals surface area contributed by atoms with Crippen molar-refractivity contribution in [3.05, 3.63) is 47.5 Å². The fourth-order valence-electron chi connectivity index (χ4n) is 3.95. The van der Waals surface area contributed by atoms with Crippen LogP contribution in [-0.2, 0) is 24.8 Å². The summed E-state index contributed by atoms with van der Waals surface area (Å²) in [6.07, 6.45) is 0. The Kier molecular flexibility index (Phi) is 6.82. The summed E-state index contributed by atoms with van der Waals surface area (Å²) < 4.78 is 60.9. The van der Waals surface area contributed by atoms with Gasteiger partial charge in [-0.1, -0.05) is 52.8 Å². The zero-order valence-corrected chi connectivity index (χ0v) is 21.2. The molecule has 1 unspecified atom stereocenters. The third kappa shape index (κ3) is 4.72. The molecule has 180 valence electrons. The third-order valence-electron chi connectivity index (χ3n) is 5.64. The zero-order chi connectivity index (χ0) is 24.7. The first-order chi connectivity index (χ1) is 15.3. The Bertz CT molecular complexity index is 1260. The van der Waals surface area contributed by atoms with E-state index in [-0.39, 0.29) is 33.9 Å². The third-order valence-corrected chi connectivity index (χ3v) is 8.88. The SMILES string of the molecule is COc1ccc(N2C(=O)C(C)CS2(=O)=O)cc1S(=O)(=O)Nc1c(C(C)C)cccc1C(C)C. The Morgan fingerprint density at radius 1 is 1.06 bits per heavy atom. The quantitative estimate of drug-likeness (QED) is 0.622. The van der Waals surface area contributed by atoms with Gasteiger partial charge in [0, 0.05) is 0 Å². The molecule has 3 rings (SSSR count). The molecular formula is C23H30N2O6S2. The summed E-state index contributed by atoms with van der Waals surface area (Å²) in [6, 6.07) is 9.54. The second kappa shape index (κ2) is 8.98. The molecule has 10 heteroatoms. The van der Waals surface area contributed by atoms with Crippen LogP contribution in [0.4, 0.5) is 11.4 Å². The Balaban J connectivity index is 2.16. The normalized spacial score (nSPS) is 18.2. The maximum absolute atomic E-state index is 13.6. The molecule has 0 saturated carbocycles. The molecule has 1 aliphatic heterocycles. The second-order valence-electron chi connectivity index (χ2n) is 8.84. The minimum Gasteiger partial charge on any atom is -0.495 e. The van der Waals surface area contributed by atoms with Crippen molar-refractivity contribution in [3.63, 3.8) is 0 Å². The number of nitrogens with zero attached hydrogens (tertiary/aromatic N) is 1. The van der Waals surface area contributed by atoms with Gasteiger partial charge in [-0.15, -0.1) is 0 Å². The molecular weight excluding hydrogens is 464 g/mol. The number of ether oxygens (including phenoxy) is 1. The van der Waals surface area contributed by atoms with Gasteiger partial charge < -0.3 is 4.74 Å². The Morgan fingerprint density at radius 2 is 1.64 bits per heavy atom. The van der Waals surface area contributed by atoms with Crippen LogP contribution in [0, 0.1) is 5.92 Å². The van der Waals surface area contributed by atoms with E-state index >= 15 is 0 Å². The molecule has 8 nitrogen and oxygen atoms in total. The van der Waals surface area contributed by atoms with Crippen LogP contribution in [0.2, 0.25) is 0 Å². The van der Waals surface area contributed by atoms with Crippen LogP contribution in [0.3, 0.4) is 0 Å². The molecule has 1 fully saturated rings. The van der Waals surface area contributed by atoms with Crippen molar-refractivity contribution in [2.75, 3.05) is 21.9 Å². The van der Waals surface area contributed by atoms with Gasteiger partial charge in [-0.25, -0.2) is 21.1 Å². The van der Waals surface area contributed by atoms with Crippen LogP contribution >= 0.6 is 0 Å². The van der Waals surface area contributed by atoms with E-state index in [1.54, 1.807) is 0 Å². The van der Waals surface area contributed by atoms with Gasteiger partial charge in [-0.05, 0) is 41.2 Å². The molecule has 1 aliphatic rings. The molecule has 0 aliphatic carbocycles. The number of benzene rings is 2. The van der Waals surface area contributed by atoms with E-state index in [1.807, 2.05) is 45.9 Å². The van der Waals surface area contributed by atoms with Gasteiger partial charge in [0.05, 0.1) is 30.2 Å². The van der Waals surface area contributed by atoms with Crippen molar-refractivity contribution in [1.29, 1.82) is 0 Å². The highest BCUT2D eigenvalue weighted by atomic mass is 32.2. The minimum atomic E-state index is -4.20. The van der Waals surface area contributed by atoms with Gasteiger partial charge in [-0.3, -0.25) is 9.52 Å². The van der Waals surface area contributed by atoms with Crippen molar-refractivity contribution >= 4 is 37.3 Å². The first-order valence-corrected chi connectivity index (χ1v) is 13.8. The first kappa shape index (κ1) is 25.0. The predicted molar refractivity (Wildman–Crippen MR) is 129 cm³/mol. The summed E-state index contributed by atoms with van der Waals surface area (Å²) in [7, 11) is -6.75. The topological polar surface area (TPSA) is 110 Å². The van der Waals surface area contributed by atoms with Crippen LogP contribution in [-0.4, -0.2) is 35.6 Å². The fourth-order valence-corrected chi connectivity index (χ4v) is 7.07. The lowest BCUT2D eigenvalue weighted by Crippen LogP contribution is -2.30. The molecule has 0 radical (unpaired) electrons. The van der Waals surface area contributed by atoms with Crippen molar-refractivity contribution in [2.24, 2.45) is 5.92 Å². The molecule has 2 aromatic rings. The van der Waals surface area contributed by atoms with Crippen LogP contribution in [0.1, 0.15) is 57.6 Å². The summed E-state index contributed by atoms with van der Waals surface area (Å²) in [6.45, 7) is 9.43. The molecule has 0 spiro atoms. The number of sulfonamides is 2. The van der Waals surface area contributed by atoms with E-state index in [1.165, 1.54) is 32.2 Å². The number of hydrogen-bond acceptors (Lipinski definition) is 6. The maximum atomic E-state index is 13.6. The lowest BCUT2D eigenvalue weighted by Gasteiger charge is -2.22. The lowest BCUT2D eigenvalue weighted by atomic mass is 9.93. The van der Waals surface area contributed by atoms with Gasteiger partial charge in [0.1, 0.15) is 10.6 Å². The summed E-state index contributed by atoms with van der Waals surface area (Å²) in [5.41, 5.74) is 2.14. The maximum Gasteiger partial charge on any atom is 0.265 e. The predicted octanol–water partition coefficient (Wildman–Crippen LogP) is 4.06. The van der Waals surface area contributed by atoms with E-state index in [0.717, 1.165) is 11.1 Å². The Morgan fingerprint density at radius 3 is 2.09 bits per heavy atom. The lowest BCUT2D eigenvalue weighted by molar-refractivity contribution is -0.119. The number of carbonyl (C=O) groups is 1. The van der Waals surface area contributed by atoms with Crippen LogP contribution in [0.25, 0.3) is 0 Å². The average Bonchev–Trinajstić information content (AvgIpc) is 2.93. The smallest absolute Gasteiger partial charge is 0.265 e. The number of amides is 1. The minimum absolute atomic E-state index is 0.0354. The van der Waals surface area contributed by atoms with E-state index < -0.39 is 31.9 Å². The van der Waals surface area contributed by atoms with Gasteiger partial charge in [0.25, 0.3) is 10.0 Å². The number of para-hydroxylation sites is 1. The standard InChI is InChI=1S/C23H30N2O6S2/c1-14(2)18-8-7-9-19(15(3)4)22(18)24-33(29,30)21-12-17(10-11-20(21)31-6)25-23(26)16(5)13-32(25,27)28/h7-12,14-16,24H,13H2,1-6H3. The number of rotatable bonds is 7. The fraction of sp³-hybridized carbons (Fsp3) is 0.435. The van der Waals surface area contributed by atoms with E-state index in [9.17, 15) is 21.6 Å². The largest absolute Gasteiger partial charge is 0.495 e. The monoisotopic (exact) mass is 494 g/mol. The van der Waals surface area contributed by atoms with Gasteiger partial charge in [0.2, 0.25) is 15.9 Å². The summed E-state index contributed by atoms with van der Waals surface area (Å²) in [5, 5.41) is 0. The Labute approximate surface area is 196 Å². The van der Waals surface area contributed by atoms with Crippen molar-refractivity contribution in [2.45, 2.75) is 51.3 Å². The summed E-state index contributed by atoms with van der Waals surface area (Å²) in [4.78, 5) is 12.3. The summed E-state index contributed by atoms with van der Waals surface area (Å²) >= 11 is 0. The molecule has 1 amide bonds.